The summed E-state index contributed by atoms with van der Waals surface area (Å²) in [6, 6.07) is 104. The molecule has 11 aromatic carbocycles. The normalized spacial score (nSPS) is 13.8. The molecule has 4 nitrogen and oxygen atoms in total. The fraction of sp³-hybridized carbons (Fsp3) is 0.0263. The Kier molecular flexibility index (Phi) is 11.6. The first kappa shape index (κ1) is 46.8. The van der Waals surface area contributed by atoms with E-state index in [-0.39, 0.29) is 11.8 Å². The van der Waals surface area contributed by atoms with Crippen LogP contribution >= 0.6 is 0 Å². The van der Waals surface area contributed by atoms with Gasteiger partial charge in [-0.25, -0.2) is 19.9 Å². The molecule has 0 saturated heterocycles. The second-order valence-electron chi connectivity index (χ2n) is 20.8. The topological polar surface area (TPSA) is 51.6 Å². The number of aromatic nitrogens is 4. The summed E-state index contributed by atoms with van der Waals surface area (Å²) in [5.41, 5.74) is 27.0. The van der Waals surface area contributed by atoms with Gasteiger partial charge in [-0.05, 0) is 114 Å². The Morgan fingerprint density at radius 3 is 0.825 bits per heavy atom. The van der Waals surface area contributed by atoms with Crippen molar-refractivity contribution in [1.82, 2.24) is 19.9 Å². The van der Waals surface area contributed by atoms with Crippen molar-refractivity contribution in [3.63, 3.8) is 0 Å². The van der Waals surface area contributed by atoms with Gasteiger partial charge < -0.3 is 0 Å². The van der Waals surface area contributed by atoms with Gasteiger partial charge in [0.15, 0.2) is 11.6 Å². The van der Waals surface area contributed by atoms with E-state index in [1.54, 1.807) is 0 Å². The van der Waals surface area contributed by atoms with Crippen LogP contribution in [0.1, 0.15) is 45.2 Å². The van der Waals surface area contributed by atoms with Crippen LogP contribution in [0.4, 0.5) is 0 Å². The predicted octanol–water partition coefficient (Wildman–Crippen LogP) is 18.9. The van der Waals surface area contributed by atoms with Gasteiger partial charge in [-0.1, -0.05) is 255 Å². The van der Waals surface area contributed by atoms with Gasteiger partial charge in [0.25, 0.3) is 0 Å². The minimum atomic E-state index is 0.0359. The Bertz CT molecular complexity index is 4190. The third kappa shape index (κ3) is 8.42. The van der Waals surface area contributed by atoms with Gasteiger partial charge in [0.2, 0.25) is 0 Å². The fourth-order valence-electron chi connectivity index (χ4n) is 12.4. The third-order valence-corrected chi connectivity index (χ3v) is 16.1. The summed E-state index contributed by atoms with van der Waals surface area (Å²) in [6.45, 7) is 0. The molecule has 0 radical (unpaired) electrons. The van der Waals surface area contributed by atoms with Crippen molar-refractivity contribution in [3.05, 3.63) is 325 Å². The Labute approximate surface area is 466 Å². The molecule has 2 bridgehead atoms. The molecule has 0 amide bonds. The van der Waals surface area contributed by atoms with Gasteiger partial charge in [-0.2, -0.15) is 0 Å². The summed E-state index contributed by atoms with van der Waals surface area (Å²) in [5, 5.41) is 0. The van der Waals surface area contributed by atoms with Crippen LogP contribution in [0.15, 0.2) is 291 Å². The molecule has 2 aromatic heterocycles. The molecule has 2 atom stereocenters. The molecule has 0 spiro atoms. The van der Waals surface area contributed by atoms with E-state index in [2.05, 4.69) is 279 Å². The molecule has 2 heterocycles. The van der Waals surface area contributed by atoms with E-state index in [0.29, 0.717) is 11.6 Å². The molecule has 374 valence electrons. The van der Waals surface area contributed by atoms with Crippen LogP contribution in [-0.2, 0) is 0 Å². The first-order valence-electron chi connectivity index (χ1n) is 27.4. The fourth-order valence-corrected chi connectivity index (χ4v) is 12.4. The van der Waals surface area contributed by atoms with Gasteiger partial charge in [-0.15, -0.1) is 0 Å². The van der Waals surface area contributed by atoms with E-state index in [1.165, 1.54) is 66.8 Å². The highest BCUT2D eigenvalue weighted by Gasteiger charge is 2.41. The van der Waals surface area contributed by atoms with Crippen LogP contribution in [0.2, 0.25) is 0 Å². The first-order valence-corrected chi connectivity index (χ1v) is 27.4. The Hall–Kier alpha value is -10.4. The second kappa shape index (κ2) is 19.9. The number of hydrogen-bond donors (Lipinski definition) is 0. The Balaban J connectivity index is 0.824. The quantitative estimate of drug-likeness (QED) is 0.137. The summed E-state index contributed by atoms with van der Waals surface area (Å²) >= 11 is 0. The lowest BCUT2D eigenvalue weighted by Crippen LogP contribution is -2.27. The van der Waals surface area contributed by atoms with Crippen LogP contribution in [0.25, 0.3) is 112 Å². The van der Waals surface area contributed by atoms with Crippen LogP contribution in [-0.4, -0.2) is 19.9 Å². The molecule has 2 unspecified atom stereocenters. The largest absolute Gasteiger partial charge is 0.228 e. The number of rotatable bonds is 10. The summed E-state index contributed by atoms with van der Waals surface area (Å²) in [7, 11) is 0. The lowest BCUT2D eigenvalue weighted by atomic mass is 9.60. The average Bonchev–Trinajstić information content (AvgIpc) is 3.67. The van der Waals surface area contributed by atoms with E-state index in [9.17, 15) is 0 Å². The molecule has 4 heteroatoms. The lowest BCUT2D eigenvalue weighted by Gasteiger charge is -2.42. The van der Waals surface area contributed by atoms with E-state index < -0.39 is 0 Å². The van der Waals surface area contributed by atoms with Crippen LogP contribution in [0.5, 0.6) is 0 Å². The molecule has 0 aliphatic heterocycles. The van der Waals surface area contributed by atoms with Gasteiger partial charge >= 0.3 is 0 Å². The zero-order valence-electron chi connectivity index (χ0n) is 43.7. The van der Waals surface area contributed by atoms with Gasteiger partial charge in [0, 0.05) is 45.2 Å². The standard InChI is InChI=1S/C76H50N4/c1-5-21-49(22-6-1)59-33-13-15-35-61(59)53-29-19-31-55(43-53)69-47-71(79-75(77-69)51-25-9-3-10-26-51)57-39-41-65-67(45-57)73-63-37-17-18-38-64(63)74(65)68-46-58(40-42-66(68)73)72-48-70(78-76(80-72)52-27-11-4-12-28-52)56-32-20-30-54(44-56)62-36-16-14-34-60(62)50-23-7-2-8-24-50/h1-48,73-74H. The maximum absolute atomic E-state index is 5.35. The van der Waals surface area contributed by atoms with Crippen LogP contribution in [0.3, 0.4) is 0 Å². The van der Waals surface area contributed by atoms with E-state index >= 15 is 0 Å². The summed E-state index contributed by atoms with van der Waals surface area (Å²) in [6.07, 6.45) is 0. The molecule has 13 aromatic rings. The van der Waals surface area contributed by atoms with Crippen molar-refractivity contribution in [2.75, 3.05) is 0 Å². The van der Waals surface area contributed by atoms with Crippen LogP contribution < -0.4 is 0 Å². The second-order valence-corrected chi connectivity index (χ2v) is 20.8. The molecule has 3 aliphatic carbocycles. The molecule has 0 N–H and O–H groups in total. The molecule has 80 heavy (non-hydrogen) atoms. The van der Waals surface area contributed by atoms with Crippen molar-refractivity contribution in [1.29, 1.82) is 0 Å². The summed E-state index contributed by atoms with van der Waals surface area (Å²) in [4.78, 5) is 21.3. The third-order valence-electron chi connectivity index (χ3n) is 16.1. The zero-order valence-corrected chi connectivity index (χ0v) is 43.7. The van der Waals surface area contributed by atoms with Crippen molar-refractivity contribution in [2.24, 2.45) is 0 Å². The smallest absolute Gasteiger partial charge is 0.160 e. The average molecular weight is 1020 g/mol. The number of benzene rings is 11. The first-order chi connectivity index (χ1) is 39.6. The lowest BCUT2D eigenvalue weighted by molar-refractivity contribution is 0.755. The minimum absolute atomic E-state index is 0.0359. The summed E-state index contributed by atoms with van der Waals surface area (Å²) in [5.74, 6) is 1.46. The zero-order chi connectivity index (χ0) is 52.9. The number of nitrogens with zero attached hydrogens (tertiary/aromatic N) is 4. The highest BCUT2D eigenvalue weighted by molar-refractivity contribution is 5.88. The van der Waals surface area contributed by atoms with E-state index in [0.717, 1.165) is 67.3 Å². The molecular weight excluding hydrogens is 969 g/mol. The highest BCUT2D eigenvalue weighted by atomic mass is 14.9. The van der Waals surface area contributed by atoms with Crippen molar-refractivity contribution in [3.8, 4) is 112 Å². The summed E-state index contributed by atoms with van der Waals surface area (Å²) < 4.78 is 0. The van der Waals surface area contributed by atoms with Crippen molar-refractivity contribution >= 4 is 0 Å². The SMILES string of the molecule is c1ccc(-c2nc(-c3cccc(-c4ccccc4-c4ccccc4)c3)cc(-c3ccc4c(c3)C3c5ccccc5C4c4cc(-c5cc(-c6cccc(-c7ccccc7-c7ccccc7)c6)nc(-c6ccccc6)n5)ccc43)n2)cc1. The van der Waals surface area contributed by atoms with Gasteiger partial charge in [0.1, 0.15) is 0 Å². The Morgan fingerprint density at radius 2 is 0.450 bits per heavy atom. The molecular formula is C76H50N4. The molecule has 0 saturated carbocycles. The predicted molar refractivity (Wildman–Crippen MR) is 327 cm³/mol. The maximum atomic E-state index is 5.35. The molecule has 0 fully saturated rings. The highest BCUT2D eigenvalue weighted by Crippen LogP contribution is 2.57. The van der Waals surface area contributed by atoms with E-state index in [4.69, 9.17) is 19.9 Å². The van der Waals surface area contributed by atoms with E-state index in [1.807, 2.05) is 12.1 Å². The van der Waals surface area contributed by atoms with Gasteiger partial charge in [-0.3, -0.25) is 0 Å². The van der Waals surface area contributed by atoms with Crippen molar-refractivity contribution < 1.29 is 0 Å². The monoisotopic (exact) mass is 1020 g/mol. The maximum Gasteiger partial charge on any atom is 0.160 e. The van der Waals surface area contributed by atoms with Crippen LogP contribution in [0, 0.1) is 0 Å². The number of hydrogen-bond acceptors (Lipinski definition) is 4. The minimum Gasteiger partial charge on any atom is -0.228 e. The van der Waals surface area contributed by atoms with Gasteiger partial charge in [0.05, 0.1) is 22.8 Å². The van der Waals surface area contributed by atoms with Crippen molar-refractivity contribution in [2.45, 2.75) is 11.8 Å². The molecule has 3 aliphatic rings. The molecule has 16 rings (SSSR count). The Morgan fingerprint density at radius 1 is 0.175 bits per heavy atom.